The molecule has 0 aromatic carbocycles. The first-order valence-corrected chi connectivity index (χ1v) is 11.5. The Morgan fingerprint density at radius 3 is 2.71 bits per heavy atom. The quantitative estimate of drug-likeness (QED) is 0.734. The van der Waals surface area contributed by atoms with Gasteiger partial charge in [-0.15, -0.1) is 10.3 Å². The summed E-state index contributed by atoms with van der Waals surface area (Å²) in [6.45, 7) is 5.62. The average Bonchev–Trinajstić information content (AvgIpc) is 2.75. The lowest BCUT2D eigenvalue weighted by Gasteiger charge is -2.43. The van der Waals surface area contributed by atoms with Crippen LogP contribution in [0.25, 0.3) is 0 Å². The van der Waals surface area contributed by atoms with E-state index >= 15 is 0 Å². The molecule has 2 fully saturated rings. The van der Waals surface area contributed by atoms with E-state index in [4.69, 9.17) is 4.18 Å². The Labute approximate surface area is 133 Å². The maximum atomic E-state index is 10.3. The summed E-state index contributed by atoms with van der Waals surface area (Å²) in [6, 6.07) is 0. The van der Waals surface area contributed by atoms with Gasteiger partial charge in [0.15, 0.2) is 0 Å². The van der Waals surface area contributed by atoms with Crippen LogP contribution in [0, 0.1) is 17.3 Å². The van der Waals surface area contributed by atoms with Crippen LogP contribution in [-0.2, 0) is 4.18 Å². The summed E-state index contributed by atoms with van der Waals surface area (Å²) in [5.41, 5.74) is 0.379. The van der Waals surface area contributed by atoms with E-state index in [2.05, 4.69) is 26.4 Å². The van der Waals surface area contributed by atoms with Gasteiger partial charge in [0.2, 0.25) is 0 Å². The molecule has 2 nitrogen and oxygen atoms in total. The Morgan fingerprint density at radius 1 is 1.24 bits per heavy atom. The van der Waals surface area contributed by atoms with Gasteiger partial charge in [-0.05, 0) is 74.0 Å². The van der Waals surface area contributed by atoms with Gasteiger partial charge in [-0.3, -0.25) is 0 Å². The van der Waals surface area contributed by atoms with Crippen molar-refractivity contribution in [3.63, 3.8) is 0 Å². The SMILES string of the molecule is CCCCS(C)(C)OCCC1CCC2C(O)CCCC12C. The molecule has 0 saturated heterocycles. The van der Waals surface area contributed by atoms with Crippen LogP contribution < -0.4 is 0 Å². The Bertz CT molecular complexity index is 331. The summed E-state index contributed by atoms with van der Waals surface area (Å²) in [5.74, 6) is 2.56. The zero-order valence-corrected chi connectivity index (χ0v) is 15.4. The van der Waals surface area contributed by atoms with Crippen molar-refractivity contribution in [2.24, 2.45) is 17.3 Å². The van der Waals surface area contributed by atoms with E-state index in [0.29, 0.717) is 11.3 Å². The van der Waals surface area contributed by atoms with Gasteiger partial charge in [-0.25, -0.2) is 0 Å². The fourth-order valence-corrected chi connectivity index (χ4v) is 6.35. The van der Waals surface area contributed by atoms with Gasteiger partial charge in [0.05, 0.1) is 12.7 Å². The van der Waals surface area contributed by atoms with E-state index in [1.54, 1.807) is 0 Å². The molecule has 0 aromatic heterocycles. The third-order valence-electron chi connectivity index (χ3n) is 6.14. The molecule has 2 rings (SSSR count). The van der Waals surface area contributed by atoms with Crippen molar-refractivity contribution in [2.45, 2.75) is 71.3 Å². The van der Waals surface area contributed by atoms with Crippen LogP contribution in [0.1, 0.15) is 65.2 Å². The zero-order valence-electron chi connectivity index (χ0n) is 14.6. The minimum atomic E-state index is -0.845. The average molecular weight is 317 g/mol. The molecule has 21 heavy (non-hydrogen) atoms. The molecule has 0 aromatic rings. The normalized spacial score (nSPS) is 37.5. The second-order valence-corrected chi connectivity index (χ2v) is 11.5. The van der Waals surface area contributed by atoms with Crippen LogP contribution in [0.5, 0.6) is 0 Å². The maximum absolute atomic E-state index is 10.3. The fourth-order valence-electron chi connectivity index (χ4n) is 4.70. The summed E-state index contributed by atoms with van der Waals surface area (Å²) in [4.78, 5) is 0. The van der Waals surface area contributed by atoms with Crippen LogP contribution in [0.15, 0.2) is 0 Å². The first kappa shape index (κ1) is 17.6. The molecule has 2 aliphatic carbocycles. The first-order valence-electron chi connectivity index (χ1n) is 8.92. The molecule has 4 atom stereocenters. The van der Waals surface area contributed by atoms with Crippen molar-refractivity contribution < 1.29 is 9.29 Å². The van der Waals surface area contributed by atoms with E-state index in [-0.39, 0.29) is 6.10 Å². The monoisotopic (exact) mass is 316 g/mol. The van der Waals surface area contributed by atoms with Gasteiger partial charge in [0.25, 0.3) is 0 Å². The number of hydrogen-bond acceptors (Lipinski definition) is 2. The number of aliphatic hydroxyl groups is 1. The van der Waals surface area contributed by atoms with E-state index in [1.165, 1.54) is 50.7 Å². The van der Waals surface area contributed by atoms with Crippen LogP contribution in [0.4, 0.5) is 0 Å². The number of fused-ring (bicyclic) bond motifs is 1. The molecule has 0 heterocycles. The van der Waals surface area contributed by atoms with Gasteiger partial charge in [-0.2, -0.15) is 0 Å². The Kier molecular flexibility index (Phi) is 6.07. The molecule has 0 aliphatic heterocycles. The van der Waals surface area contributed by atoms with Crippen LogP contribution >= 0.6 is 10.3 Å². The van der Waals surface area contributed by atoms with Crippen LogP contribution in [-0.4, -0.2) is 36.1 Å². The minimum absolute atomic E-state index is 0.0405. The zero-order chi connectivity index (χ0) is 15.5. The van der Waals surface area contributed by atoms with Gasteiger partial charge in [0.1, 0.15) is 0 Å². The highest BCUT2D eigenvalue weighted by Gasteiger charge is 2.50. The van der Waals surface area contributed by atoms with Crippen molar-refractivity contribution >= 4 is 10.3 Å². The Morgan fingerprint density at radius 2 is 2.00 bits per heavy atom. The van der Waals surface area contributed by atoms with Crippen LogP contribution in [0.2, 0.25) is 0 Å². The number of unbranched alkanes of at least 4 members (excludes halogenated alkanes) is 1. The highest BCUT2D eigenvalue weighted by atomic mass is 32.3. The minimum Gasteiger partial charge on any atom is -0.393 e. The number of rotatable bonds is 7. The second-order valence-electron chi connectivity index (χ2n) is 7.95. The molecule has 1 N–H and O–H groups in total. The lowest BCUT2D eigenvalue weighted by Crippen LogP contribution is -2.40. The summed E-state index contributed by atoms with van der Waals surface area (Å²) in [6.07, 6.45) is 14.4. The van der Waals surface area contributed by atoms with E-state index in [9.17, 15) is 5.11 Å². The van der Waals surface area contributed by atoms with E-state index in [0.717, 1.165) is 18.9 Å². The molecule has 0 amide bonds. The number of aliphatic hydroxyl groups excluding tert-OH is 1. The standard InChI is InChI=1S/C18H36O2S/c1-5-6-14-21(3,4)20-13-11-15-9-10-16-17(19)8-7-12-18(15,16)2/h15-17,19H,5-14H2,1-4H3. The molecule has 4 unspecified atom stereocenters. The number of hydrogen-bond donors (Lipinski definition) is 1. The molecule has 2 saturated carbocycles. The molecule has 0 radical (unpaired) electrons. The van der Waals surface area contributed by atoms with Gasteiger partial charge in [-0.1, -0.05) is 26.7 Å². The molecule has 0 spiro atoms. The van der Waals surface area contributed by atoms with Gasteiger partial charge >= 0.3 is 0 Å². The maximum Gasteiger partial charge on any atom is 0.0595 e. The topological polar surface area (TPSA) is 29.5 Å². The summed E-state index contributed by atoms with van der Waals surface area (Å²) < 4.78 is 6.27. The fraction of sp³-hybridized carbons (Fsp3) is 1.00. The predicted molar refractivity (Wildman–Crippen MR) is 94.0 cm³/mol. The van der Waals surface area contributed by atoms with Crippen molar-refractivity contribution in [1.82, 2.24) is 0 Å². The van der Waals surface area contributed by atoms with E-state index in [1.807, 2.05) is 0 Å². The second kappa shape index (κ2) is 7.23. The van der Waals surface area contributed by atoms with Crippen molar-refractivity contribution in [1.29, 1.82) is 0 Å². The largest absolute Gasteiger partial charge is 0.393 e. The van der Waals surface area contributed by atoms with Gasteiger partial charge in [0, 0.05) is 0 Å². The third kappa shape index (κ3) is 4.17. The van der Waals surface area contributed by atoms with E-state index < -0.39 is 10.3 Å². The molecule has 0 bridgehead atoms. The smallest absolute Gasteiger partial charge is 0.0595 e. The van der Waals surface area contributed by atoms with Gasteiger partial charge < -0.3 is 9.29 Å². The highest BCUT2D eigenvalue weighted by molar-refractivity contribution is 8.28. The summed E-state index contributed by atoms with van der Waals surface area (Å²) >= 11 is 0. The van der Waals surface area contributed by atoms with Crippen LogP contribution in [0.3, 0.4) is 0 Å². The lowest BCUT2D eigenvalue weighted by atomic mass is 9.64. The predicted octanol–water partition coefficient (Wildman–Crippen LogP) is 4.75. The molecular weight excluding hydrogens is 280 g/mol. The molecular formula is C18H36O2S. The first-order chi connectivity index (χ1) is 9.89. The van der Waals surface area contributed by atoms with Crippen molar-refractivity contribution in [3.8, 4) is 0 Å². The summed E-state index contributed by atoms with van der Waals surface area (Å²) in [7, 11) is -0.845. The molecule has 2 aliphatic rings. The van der Waals surface area contributed by atoms with Crippen molar-refractivity contribution in [3.05, 3.63) is 0 Å². The lowest BCUT2D eigenvalue weighted by molar-refractivity contribution is -0.0200. The molecule has 3 heteroatoms. The summed E-state index contributed by atoms with van der Waals surface area (Å²) in [5, 5.41) is 10.3. The van der Waals surface area contributed by atoms with Crippen molar-refractivity contribution in [2.75, 3.05) is 24.9 Å². The molecule has 126 valence electrons. The Balaban J connectivity index is 1.81. The Hall–Kier alpha value is 0.270. The highest BCUT2D eigenvalue weighted by Crippen LogP contribution is 2.56. The third-order valence-corrected chi connectivity index (χ3v) is 8.22.